The van der Waals surface area contributed by atoms with Gasteiger partial charge in [-0.2, -0.15) is 0 Å². The van der Waals surface area contributed by atoms with Crippen LogP contribution in [0.2, 0.25) is 0 Å². The Balaban J connectivity index is 2.13. The molecule has 0 amide bonds. The van der Waals surface area contributed by atoms with Gasteiger partial charge in [0.25, 0.3) is 0 Å². The van der Waals surface area contributed by atoms with Crippen molar-refractivity contribution in [1.29, 1.82) is 0 Å². The number of nitrogens with zero attached hydrogens (tertiary/aromatic N) is 1. The Morgan fingerprint density at radius 2 is 1.95 bits per heavy atom. The smallest absolute Gasteiger partial charge is 0.338 e. The predicted octanol–water partition coefficient (Wildman–Crippen LogP) is 4.58. The summed E-state index contributed by atoms with van der Waals surface area (Å²) in [4.78, 5) is 16.6. The number of benzene rings is 2. The Bertz CT molecular complexity index is 845. The Hall–Kier alpha value is -2.20. The van der Waals surface area contributed by atoms with E-state index in [1.807, 2.05) is 42.5 Å². The van der Waals surface area contributed by atoms with Crippen LogP contribution in [-0.2, 0) is 10.1 Å². The molecule has 0 N–H and O–H groups in total. The molecule has 0 unspecified atom stereocenters. The lowest BCUT2D eigenvalue weighted by Crippen LogP contribution is -2.03. The molecule has 1 heterocycles. The molecule has 3 aromatic rings. The van der Waals surface area contributed by atoms with Gasteiger partial charge < -0.3 is 4.74 Å². The molecule has 0 atom stereocenters. The third-order valence-corrected chi connectivity index (χ3v) is 4.16. The van der Waals surface area contributed by atoms with E-state index < -0.39 is 0 Å². The molecule has 1 aromatic heterocycles. The molecule has 4 heteroatoms. The molecule has 0 saturated heterocycles. The van der Waals surface area contributed by atoms with Crippen molar-refractivity contribution in [3.05, 3.63) is 65.7 Å². The van der Waals surface area contributed by atoms with Crippen LogP contribution >= 0.6 is 15.9 Å². The zero-order chi connectivity index (χ0) is 15.5. The molecule has 3 nitrogen and oxygen atoms in total. The van der Waals surface area contributed by atoms with E-state index in [-0.39, 0.29) is 5.97 Å². The van der Waals surface area contributed by atoms with Crippen LogP contribution in [-0.4, -0.2) is 18.1 Å². The number of rotatable bonds is 3. The highest BCUT2D eigenvalue weighted by Crippen LogP contribution is 2.25. The molecular formula is C18H14BrNO2. The maximum absolute atomic E-state index is 11.9. The number of halogens is 1. The maximum atomic E-state index is 11.9. The first-order chi connectivity index (χ1) is 10.7. The lowest BCUT2D eigenvalue weighted by atomic mass is 10.0. The van der Waals surface area contributed by atoms with Crippen molar-refractivity contribution < 1.29 is 9.53 Å². The van der Waals surface area contributed by atoms with Gasteiger partial charge in [-0.25, -0.2) is 9.78 Å². The lowest BCUT2D eigenvalue weighted by Gasteiger charge is -2.08. The first-order valence-corrected chi connectivity index (χ1v) is 7.98. The van der Waals surface area contributed by atoms with Gasteiger partial charge in [-0.05, 0) is 29.8 Å². The second kappa shape index (κ2) is 6.28. The van der Waals surface area contributed by atoms with Crippen LogP contribution in [0.25, 0.3) is 22.2 Å². The van der Waals surface area contributed by atoms with Crippen LogP contribution in [0.3, 0.4) is 0 Å². The molecule has 110 valence electrons. The predicted molar refractivity (Wildman–Crippen MR) is 91.1 cm³/mol. The van der Waals surface area contributed by atoms with Crippen LogP contribution in [0.4, 0.5) is 0 Å². The molecule has 0 aliphatic rings. The molecule has 3 rings (SSSR count). The summed E-state index contributed by atoms with van der Waals surface area (Å²) in [5.41, 5.74) is 4.17. The number of ether oxygens (including phenoxy) is 1. The molecular weight excluding hydrogens is 342 g/mol. The van der Waals surface area contributed by atoms with Crippen molar-refractivity contribution >= 4 is 32.8 Å². The fourth-order valence-electron chi connectivity index (χ4n) is 2.40. The molecule has 2 aromatic carbocycles. The number of fused-ring (bicyclic) bond motifs is 1. The van der Waals surface area contributed by atoms with Gasteiger partial charge in [-0.1, -0.05) is 46.3 Å². The number of esters is 1. The number of alkyl halides is 1. The topological polar surface area (TPSA) is 39.2 Å². The summed E-state index contributed by atoms with van der Waals surface area (Å²) in [5.74, 6) is -0.355. The van der Waals surface area contributed by atoms with E-state index in [1.165, 1.54) is 12.7 Å². The largest absolute Gasteiger partial charge is 0.465 e. The SMILES string of the molecule is COC(=O)c1ccccc1-c1ccc2cc(CBr)ccc2n1. The minimum atomic E-state index is -0.355. The number of pyridine rings is 1. The number of hydrogen-bond acceptors (Lipinski definition) is 3. The van der Waals surface area contributed by atoms with Crippen LogP contribution in [0, 0.1) is 0 Å². The molecule has 0 aliphatic carbocycles. The summed E-state index contributed by atoms with van der Waals surface area (Å²) in [5, 5.41) is 1.90. The summed E-state index contributed by atoms with van der Waals surface area (Å²) < 4.78 is 4.84. The average Bonchev–Trinajstić information content (AvgIpc) is 2.60. The van der Waals surface area contributed by atoms with E-state index in [0.717, 1.165) is 27.5 Å². The molecule has 0 saturated carbocycles. The second-order valence-corrected chi connectivity index (χ2v) is 5.46. The summed E-state index contributed by atoms with van der Waals surface area (Å²) >= 11 is 3.46. The number of aromatic nitrogens is 1. The van der Waals surface area contributed by atoms with Crippen molar-refractivity contribution in [2.75, 3.05) is 7.11 Å². The first-order valence-electron chi connectivity index (χ1n) is 6.86. The van der Waals surface area contributed by atoms with Gasteiger partial charge in [-0.15, -0.1) is 0 Å². The van der Waals surface area contributed by atoms with Crippen molar-refractivity contribution in [2.24, 2.45) is 0 Å². The monoisotopic (exact) mass is 355 g/mol. The van der Waals surface area contributed by atoms with E-state index >= 15 is 0 Å². The van der Waals surface area contributed by atoms with Crippen LogP contribution in [0.15, 0.2) is 54.6 Å². The third kappa shape index (κ3) is 2.74. The van der Waals surface area contributed by atoms with E-state index in [4.69, 9.17) is 4.74 Å². The quantitative estimate of drug-likeness (QED) is 0.509. The minimum Gasteiger partial charge on any atom is -0.465 e. The van der Waals surface area contributed by atoms with Gasteiger partial charge in [-0.3, -0.25) is 0 Å². The van der Waals surface area contributed by atoms with E-state index in [9.17, 15) is 4.79 Å². The standard InChI is InChI=1S/C18H14BrNO2/c1-22-18(21)15-5-3-2-4-14(15)17-9-7-13-10-12(11-19)6-8-16(13)20-17/h2-10H,11H2,1H3. The highest BCUT2D eigenvalue weighted by molar-refractivity contribution is 9.08. The molecule has 0 fully saturated rings. The minimum absolute atomic E-state index is 0.355. The van der Waals surface area contributed by atoms with Gasteiger partial charge in [0.1, 0.15) is 0 Å². The third-order valence-electron chi connectivity index (χ3n) is 3.52. The van der Waals surface area contributed by atoms with Crippen molar-refractivity contribution in [3.63, 3.8) is 0 Å². The molecule has 0 radical (unpaired) electrons. The van der Waals surface area contributed by atoms with E-state index in [0.29, 0.717) is 5.56 Å². The summed E-state index contributed by atoms with van der Waals surface area (Å²) in [7, 11) is 1.38. The fraction of sp³-hybridized carbons (Fsp3) is 0.111. The van der Waals surface area contributed by atoms with E-state index in [1.54, 1.807) is 6.07 Å². The summed E-state index contributed by atoms with van der Waals surface area (Å²) in [6.45, 7) is 0. The van der Waals surface area contributed by atoms with Gasteiger partial charge >= 0.3 is 5.97 Å². The van der Waals surface area contributed by atoms with Gasteiger partial charge in [0.2, 0.25) is 0 Å². The fourth-order valence-corrected chi connectivity index (χ4v) is 2.75. The molecule has 22 heavy (non-hydrogen) atoms. The highest BCUT2D eigenvalue weighted by atomic mass is 79.9. The van der Waals surface area contributed by atoms with Gasteiger partial charge in [0.05, 0.1) is 23.9 Å². The number of methoxy groups -OCH3 is 1. The van der Waals surface area contributed by atoms with Crippen LogP contribution < -0.4 is 0 Å². The van der Waals surface area contributed by atoms with Crippen molar-refractivity contribution in [1.82, 2.24) is 4.98 Å². The Morgan fingerprint density at radius 1 is 1.14 bits per heavy atom. The lowest BCUT2D eigenvalue weighted by molar-refractivity contribution is 0.0601. The van der Waals surface area contributed by atoms with E-state index in [2.05, 4.69) is 27.0 Å². The maximum Gasteiger partial charge on any atom is 0.338 e. The molecule has 0 aliphatic heterocycles. The van der Waals surface area contributed by atoms with Gasteiger partial charge in [0.15, 0.2) is 0 Å². The second-order valence-electron chi connectivity index (χ2n) is 4.89. The van der Waals surface area contributed by atoms with Crippen LogP contribution in [0.5, 0.6) is 0 Å². The number of carbonyl (C=O) groups is 1. The normalized spacial score (nSPS) is 10.6. The zero-order valence-electron chi connectivity index (χ0n) is 12.0. The van der Waals surface area contributed by atoms with Crippen molar-refractivity contribution in [3.8, 4) is 11.3 Å². The Labute approximate surface area is 137 Å². The number of carbonyl (C=O) groups excluding carboxylic acids is 1. The van der Waals surface area contributed by atoms with Gasteiger partial charge in [0, 0.05) is 16.3 Å². The molecule has 0 spiro atoms. The zero-order valence-corrected chi connectivity index (χ0v) is 13.6. The van der Waals surface area contributed by atoms with Crippen molar-refractivity contribution in [2.45, 2.75) is 5.33 Å². The first kappa shape index (κ1) is 14.7. The highest BCUT2D eigenvalue weighted by Gasteiger charge is 2.13. The summed E-state index contributed by atoms with van der Waals surface area (Å²) in [6, 6.07) is 17.4. The average molecular weight is 356 g/mol. The Morgan fingerprint density at radius 3 is 2.73 bits per heavy atom. The summed E-state index contributed by atoms with van der Waals surface area (Å²) in [6.07, 6.45) is 0. The molecule has 0 bridgehead atoms. The number of hydrogen-bond donors (Lipinski definition) is 0. The Kier molecular flexibility index (Phi) is 4.20. The van der Waals surface area contributed by atoms with Crippen LogP contribution in [0.1, 0.15) is 15.9 Å².